The van der Waals surface area contributed by atoms with E-state index in [9.17, 15) is 20.2 Å². The summed E-state index contributed by atoms with van der Waals surface area (Å²) in [6, 6.07) is 20.0. The lowest BCUT2D eigenvalue weighted by Gasteiger charge is -2.07. The summed E-state index contributed by atoms with van der Waals surface area (Å²) in [7, 11) is 0. The molecule has 150 valence electrons. The Balaban J connectivity index is 1.62. The number of amides is 1. The normalized spacial score (nSPS) is 11.1. The summed E-state index contributed by atoms with van der Waals surface area (Å²) >= 11 is 0. The Labute approximate surface area is 176 Å². The molecule has 2 heterocycles. The number of hydrogen-bond acceptors (Lipinski definition) is 6. The van der Waals surface area contributed by atoms with Crippen LogP contribution in [-0.2, 0) is 4.79 Å². The number of anilines is 1. The van der Waals surface area contributed by atoms with Gasteiger partial charge in [0.1, 0.15) is 23.2 Å². The maximum atomic E-state index is 12.7. The van der Waals surface area contributed by atoms with Crippen LogP contribution in [0.15, 0.2) is 82.9 Å². The Morgan fingerprint density at radius 3 is 2.74 bits per heavy atom. The molecule has 0 aliphatic carbocycles. The van der Waals surface area contributed by atoms with Crippen LogP contribution in [0, 0.1) is 21.4 Å². The second-order valence-corrected chi connectivity index (χ2v) is 6.48. The summed E-state index contributed by atoms with van der Waals surface area (Å²) in [5.74, 6) is -0.127. The molecule has 0 radical (unpaired) electrons. The number of nitriles is 1. The number of hydrogen-bond donors (Lipinski definition) is 1. The van der Waals surface area contributed by atoms with E-state index < -0.39 is 10.8 Å². The first-order valence-electron chi connectivity index (χ1n) is 9.17. The standard InChI is InChI=1S/C23H14N4O4/c24-14-15(23(28)26-20-8-3-7-19-17(20)6-4-12-25-19)13-16-10-11-22(31-16)18-5-1-2-9-21(18)27(29)30/h1-13H,(H,26,28)/b15-13-. The van der Waals surface area contributed by atoms with Gasteiger partial charge in [-0.05, 0) is 42.5 Å². The lowest BCUT2D eigenvalue weighted by atomic mass is 10.1. The highest BCUT2D eigenvalue weighted by Gasteiger charge is 2.18. The fourth-order valence-corrected chi connectivity index (χ4v) is 3.11. The van der Waals surface area contributed by atoms with E-state index in [1.54, 1.807) is 54.7 Å². The van der Waals surface area contributed by atoms with Crippen LogP contribution in [0.5, 0.6) is 0 Å². The highest BCUT2D eigenvalue weighted by Crippen LogP contribution is 2.31. The summed E-state index contributed by atoms with van der Waals surface area (Å²) in [5, 5.41) is 24.2. The average molecular weight is 410 g/mol. The minimum Gasteiger partial charge on any atom is -0.456 e. The third-order valence-electron chi connectivity index (χ3n) is 4.54. The van der Waals surface area contributed by atoms with Crippen molar-refractivity contribution in [3.63, 3.8) is 0 Å². The van der Waals surface area contributed by atoms with Crippen molar-refractivity contribution in [1.82, 2.24) is 4.98 Å². The number of carbonyl (C=O) groups is 1. The Hall–Kier alpha value is -4.77. The number of benzene rings is 2. The zero-order valence-corrected chi connectivity index (χ0v) is 16.0. The number of nitrogens with zero attached hydrogens (tertiary/aromatic N) is 3. The number of nitrogens with one attached hydrogen (secondary N) is 1. The van der Waals surface area contributed by atoms with Crippen LogP contribution in [0.1, 0.15) is 5.76 Å². The molecule has 0 unspecified atom stereocenters. The lowest BCUT2D eigenvalue weighted by Crippen LogP contribution is -2.13. The molecule has 1 amide bonds. The Kier molecular flexibility index (Phi) is 5.24. The molecule has 1 N–H and O–H groups in total. The van der Waals surface area contributed by atoms with E-state index in [1.807, 2.05) is 18.2 Å². The minimum atomic E-state index is -0.609. The Morgan fingerprint density at radius 1 is 1.10 bits per heavy atom. The second-order valence-electron chi connectivity index (χ2n) is 6.48. The molecule has 4 aromatic rings. The van der Waals surface area contributed by atoms with Crippen LogP contribution in [0.2, 0.25) is 0 Å². The van der Waals surface area contributed by atoms with Crippen LogP contribution >= 0.6 is 0 Å². The van der Waals surface area contributed by atoms with Crippen molar-refractivity contribution in [2.75, 3.05) is 5.32 Å². The largest absolute Gasteiger partial charge is 0.456 e. The zero-order valence-electron chi connectivity index (χ0n) is 16.0. The summed E-state index contributed by atoms with van der Waals surface area (Å²) in [6.45, 7) is 0. The number of aromatic nitrogens is 1. The molecular weight excluding hydrogens is 396 g/mol. The van der Waals surface area contributed by atoms with E-state index in [4.69, 9.17) is 4.42 Å². The van der Waals surface area contributed by atoms with Gasteiger partial charge in [-0.1, -0.05) is 18.2 Å². The smallest absolute Gasteiger partial charge is 0.280 e. The van der Waals surface area contributed by atoms with Gasteiger partial charge in [-0.15, -0.1) is 0 Å². The molecule has 0 saturated carbocycles. The molecule has 2 aromatic carbocycles. The van der Waals surface area contributed by atoms with Gasteiger partial charge in [0, 0.05) is 23.7 Å². The van der Waals surface area contributed by atoms with Crippen LogP contribution < -0.4 is 5.32 Å². The van der Waals surface area contributed by atoms with Crippen LogP contribution in [0.25, 0.3) is 28.3 Å². The number of furan rings is 1. The van der Waals surface area contributed by atoms with Gasteiger partial charge in [0.2, 0.25) is 0 Å². The van der Waals surface area contributed by atoms with Crippen LogP contribution in [-0.4, -0.2) is 15.8 Å². The molecule has 0 atom stereocenters. The van der Waals surface area contributed by atoms with Crippen molar-refractivity contribution in [3.05, 3.63) is 94.4 Å². The van der Waals surface area contributed by atoms with Gasteiger partial charge >= 0.3 is 0 Å². The third-order valence-corrected chi connectivity index (χ3v) is 4.54. The maximum absolute atomic E-state index is 12.7. The van der Waals surface area contributed by atoms with Crippen molar-refractivity contribution in [1.29, 1.82) is 5.26 Å². The van der Waals surface area contributed by atoms with E-state index in [2.05, 4.69) is 10.3 Å². The molecule has 0 aliphatic rings. The van der Waals surface area contributed by atoms with E-state index in [0.717, 1.165) is 5.39 Å². The van der Waals surface area contributed by atoms with Crippen molar-refractivity contribution < 1.29 is 14.1 Å². The first-order chi connectivity index (χ1) is 15.1. The fourth-order valence-electron chi connectivity index (χ4n) is 3.11. The molecule has 0 saturated heterocycles. The molecule has 2 aromatic heterocycles. The first kappa shape index (κ1) is 19.5. The fraction of sp³-hybridized carbons (Fsp3) is 0. The Morgan fingerprint density at radius 2 is 1.94 bits per heavy atom. The Bertz CT molecular complexity index is 1380. The highest BCUT2D eigenvalue weighted by molar-refractivity contribution is 6.12. The summed E-state index contributed by atoms with van der Waals surface area (Å²) < 4.78 is 5.64. The molecule has 8 heteroatoms. The molecule has 0 fully saturated rings. The molecule has 0 aliphatic heterocycles. The summed E-state index contributed by atoms with van der Waals surface area (Å²) in [5.41, 5.74) is 1.26. The molecular formula is C23H14N4O4. The highest BCUT2D eigenvalue weighted by atomic mass is 16.6. The zero-order chi connectivity index (χ0) is 21.8. The monoisotopic (exact) mass is 410 g/mol. The number of fused-ring (bicyclic) bond motifs is 1. The van der Waals surface area contributed by atoms with Gasteiger partial charge in [-0.3, -0.25) is 19.9 Å². The minimum absolute atomic E-state index is 0.102. The van der Waals surface area contributed by atoms with Crippen molar-refractivity contribution >= 4 is 34.3 Å². The molecule has 0 spiro atoms. The average Bonchev–Trinajstić information content (AvgIpc) is 3.26. The molecule has 8 nitrogen and oxygen atoms in total. The van der Waals surface area contributed by atoms with Gasteiger partial charge in [0.25, 0.3) is 11.6 Å². The number of nitro benzene ring substituents is 1. The quantitative estimate of drug-likeness (QED) is 0.215. The predicted octanol–water partition coefficient (Wildman–Crippen LogP) is 4.95. The second kappa shape index (κ2) is 8.31. The predicted molar refractivity (Wildman–Crippen MR) is 115 cm³/mol. The van der Waals surface area contributed by atoms with Crippen LogP contribution in [0.3, 0.4) is 0 Å². The summed E-state index contributed by atoms with van der Waals surface area (Å²) in [4.78, 5) is 27.6. The molecule has 0 bridgehead atoms. The van der Waals surface area contributed by atoms with Crippen LogP contribution in [0.4, 0.5) is 11.4 Å². The number of rotatable bonds is 5. The van der Waals surface area contributed by atoms with E-state index in [-0.39, 0.29) is 22.8 Å². The SMILES string of the molecule is N#C/C(=C/c1ccc(-c2ccccc2[N+](=O)[O-])o1)C(=O)Nc1cccc2ncccc12. The number of pyridine rings is 1. The lowest BCUT2D eigenvalue weighted by molar-refractivity contribution is -0.384. The van der Waals surface area contributed by atoms with Gasteiger partial charge in [-0.25, -0.2) is 0 Å². The van der Waals surface area contributed by atoms with Gasteiger partial charge < -0.3 is 9.73 Å². The van der Waals surface area contributed by atoms with Gasteiger partial charge in [0.15, 0.2) is 0 Å². The maximum Gasteiger partial charge on any atom is 0.280 e. The number of para-hydroxylation sites is 1. The van der Waals surface area contributed by atoms with Crippen molar-refractivity contribution in [2.45, 2.75) is 0 Å². The van der Waals surface area contributed by atoms with Crippen molar-refractivity contribution in [3.8, 4) is 17.4 Å². The van der Waals surface area contributed by atoms with E-state index in [1.165, 1.54) is 12.1 Å². The molecule has 4 rings (SSSR count). The van der Waals surface area contributed by atoms with Gasteiger partial charge in [0.05, 0.1) is 21.7 Å². The number of nitro groups is 1. The van der Waals surface area contributed by atoms with Crippen molar-refractivity contribution in [2.24, 2.45) is 0 Å². The topological polar surface area (TPSA) is 122 Å². The number of carbonyl (C=O) groups excluding carboxylic acids is 1. The first-order valence-corrected chi connectivity index (χ1v) is 9.17. The van der Waals surface area contributed by atoms with E-state index >= 15 is 0 Å². The van der Waals surface area contributed by atoms with E-state index in [0.29, 0.717) is 16.8 Å². The summed E-state index contributed by atoms with van der Waals surface area (Å²) in [6.07, 6.45) is 2.94. The van der Waals surface area contributed by atoms with Gasteiger partial charge in [-0.2, -0.15) is 5.26 Å². The molecule has 31 heavy (non-hydrogen) atoms. The third kappa shape index (κ3) is 4.02.